The van der Waals surface area contributed by atoms with Crippen molar-refractivity contribution in [2.24, 2.45) is 15.2 Å². The molecule has 0 radical (unpaired) electrons. The lowest BCUT2D eigenvalue weighted by Crippen LogP contribution is -2.50. The van der Waals surface area contributed by atoms with Gasteiger partial charge in [0.05, 0.1) is 12.2 Å². The van der Waals surface area contributed by atoms with E-state index in [-0.39, 0.29) is 5.69 Å². The van der Waals surface area contributed by atoms with Crippen LogP contribution < -0.4 is 0 Å². The summed E-state index contributed by atoms with van der Waals surface area (Å²) < 4.78 is 89.3. The maximum Gasteiger partial charge on any atom is 0.435 e. The van der Waals surface area contributed by atoms with E-state index in [0.29, 0.717) is 23.8 Å². The van der Waals surface area contributed by atoms with E-state index in [0.717, 1.165) is 17.9 Å². The zero-order chi connectivity index (χ0) is 17.3. The van der Waals surface area contributed by atoms with E-state index in [9.17, 15) is 30.7 Å². The summed E-state index contributed by atoms with van der Waals surface area (Å²) in [6.45, 7) is 0.555. The van der Waals surface area contributed by atoms with Crippen LogP contribution in [-0.4, -0.2) is 29.8 Å². The highest BCUT2D eigenvalue weighted by Crippen LogP contribution is 2.53. The zero-order valence-electron chi connectivity index (χ0n) is 11.1. The van der Waals surface area contributed by atoms with Gasteiger partial charge in [0.15, 0.2) is 0 Å². The smallest absolute Gasteiger partial charge is 0.258 e. The second kappa shape index (κ2) is 6.10. The second-order valence-corrected chi connectivity index (χ2v) is 5.48. The SMILES string of the molecule is FC(F)(F)C(F)(c1ccc(N=NC2=NCCS2)cc1)C(F)(F)F. The predicted molar refractivity (Wildman–Crippen MR) is 70.6 cm³/mol. The van der Waals surface area contributed by atoms with Crippen molar-refractivity contribution in [1.82, 2.24) is 0 Å². The summed E-state index contributed by atoms with van der Waals surface area (Å²) in [6, 6.07) is 2.42. The number of hydrogen-bond acceptors (Lipinski definition) is 4. The summed E-state index contributed by atoms with van der Waals surface area (Å²) in [5.74, 6) is 0.717. The third kappa shape index (κ3) is 3.48. The minimum atomic E-state index is -6.14. The molecule has 126 valence electrons. The molecule has 1 heterocycles. The van der Waals surface area contributed by atoms with Gasteiger partial charge in [-0.15, -0.1) is 10.2 Å². The van der Waals surface area contributed by atoms with E-state index in [1.165, 1.54) is 11.8 Å². The molecule has 11 heteroatoms. The largest absolute Gasteiger partial charge is 0.435 e. The topological polar surface area (TPSA) is 37.1 Å². The summed E-state index contributed by atoms with van der Waals surface area (Å²) in [5.41, 5.74) is -7.03. The number of aliphatic imine (C=N–C) groups is 1. The summed E-state index contributed by atoms with van der Waals surface area (Å²) in [7, 11) is 0. The summed E-state index contributed by atoms with van der Waals surface area (Å²) in [4.78, 5) is 3.93. The Balaban J connectivity index is 2.29. The lowest BCUT2D eigenvalue weighted by atomic mass is 9.94. The van der Waals surface area contributed by atoms with Crippen LogP contribution in [0.15, 0.2) is 39.5 Å². The first-order valence-electron chi connectivity index (χ1n) is 6.07. The fraction of sp³-hybridized carbons (Fsp3) is 0.417. The normalized spacial score (nSPS) is 16.9. The Bertz CT molecular complexity index is 605. The van der Waals surface area contributed by atoms with Crippen molar-refractivity contribution in [3.05, 3.63) is 29.8 Å². The number of thioether (sulfide) groups is 1. The first-order chi connectivity index (χ1) is 10.6. The molecule has 0 saturated heterocycles. The molecule has 0 spiro atoms. The van der Waals surface area contributed by atoms with Gasteiger partial charge in [0.2, 0.25) is 5.17 Å². The van der Waals surface area contributed by atoms with Crippen LogP contribution in [0.2, 0.25) is 0 Å². The van der Waals surface area contributed by atoms with Gasteiger partial charge in [0.25, 0.3) is 0 Å². The maximum absolute atomic E-state index is 13.8. The van der Waals surface area contributed by atoms with Crippen LogP contribution in [0.3, 0.4) is 0 Å². The lowest BCUT2D eigenvalue weighted by Gasteiger charge is -2.30. The molecule has 0 saturated carbocycles. The van der Waals surface area contributed by atoms with Crippen LogP contribution >= 0.6 is 11.8 Å². The summed E-state index contributed by atoms with van der Waals surface area (Å²) in [5, 5.41) is 7.67. The average molecular weight is 359 g/mol. The van der Waals surface area contributed by atoms with Gasteiger partial charge in [-0.1, -0.05) is 23.9 Å². The first-order valence-corrected chi connectivity index (χ1v) is 7.06. The van der Waals surface area contributed by atoms with Gasteiger partial charge in [0.1, 0.15) is 0 Å². The number of nitrogens with zero attached hydrogens (tertiary/aromatic N) is 3. The Morgan fingerprint density at radius 1 is 0.870 bits per heavy atom. The van der Waals surface area contributed by atoms with Crippen molar-refractivity contribution in [3.8, 4) is 0 Å². The van der Waals surface area contributed by atoms with Gasteiger partial charge < -0.3 is 0 Å². The highest BCUT2D eigenvalue weighted by Gasteiger charge is 2.73. The van der Waals surface area contributed by atoms with E-state index in [4.69, 9.17) is 0 Å². The number of halogens is 7. The molecule has 1 aromatic carbocycles. The third-order valence-corrected chi connectivity index (χ3v) is 3.72. The van der Waals surface area contributed by atoms with Crippen LogP contribution in [0.4, 0.5) is 36.4 Å². The minimum Gasteiger partial charge on any atom is -0.258 e. The van der Waals surface area contributed by atoms with Crippen LogP contribution in [0.5, 0.6) is 0 Å². The Kier molecular flexibility index (Phi) is 4.69. The second-order valence-electron chi connectivity index (χ2n) is 4.41. The molecule has 1 aliphatic heterocycles. The van der Waals surface area contributed by atoms with Crippen molar-refractivity contribution < 1.29 is 30.7 Å². The number of amidine groups is 1. The Morgan fingerprint density at radius 2 is 1.43 bits per heavy atom. The molecular formula is C12H8F7N3S. The van der Waals surface area contributed by atoms with E-state index in [2.05, 4.69) is 15.2 Å². The third-order valence-electron chi connectivity index (χ3n) is 2.87. The van der Waals surface area contributed by atoms with Crippen LogP contribution in [-0.2, 0) is 5.67 Å². The average Bonchev–Trinajstić information content (AvgIpc) is 2.95. The molecule has 0 fully saturated rings. The predicted octanol–water partition coefficient (Wildman–Crippen LogP) is 5.16. The van der Waals surface area contributed by atoms with E-state index >= 15 is 0 Å². The fourth-order valence-corrected chi connectivity index (χ4v) is 2.38. The molecule has 0 atom stereocenters. The van der Waals surface area contributed by atoms with Gasteiger partial charge in [-0.2, -0.15) is 26.3 Å². The van der Waals surface area contributed by atoms with Gasteiger partial charge in [-0.3, -0.25) is 4.99 Å². The van der Waals surface area contributed by atoms with Gasteiger partial charge >= 0.3 is 18.0 Å². The zero-order valence-corrected chi connectivity index (χ0v) is 11.9. The van der Waals surface area contributed by atoms with Crippen LogP contribution in [0.1, 0.15) is 5.56 Å². The van der Waals surface area contributed by atoms with Crippen molar-refractivity contribution >= 4 is 22.6 Å². The fourth-order valence-electron chi connectivity index (χ4n) is 1.73. The number of azo groups is 1. The van der Waals surface area contributed by atoms with Gasteiger partial charge in [0, 0.05) is 11.3 Å². The van der Waals surface area contributed by atoms with Crippen molar-refractivity contribution in [1.29, 1.82) is 0 Å². The van der Waals surface area contributed by atoms with Crippen molar-refractivity contribution in [2.75, 3.05) is 12.3 Å². The Hall–Kier alpha value is -1.65. The number of hydrogen-bond donors (Lipinski definition) is 0. The molecule has 0 aliphatic carbocycles. The summed E-state index contributed by atoms with van der Waals surface area (Å²) in [6.07, 6.45) is -12.3. The molecule has 1 aromatic rings. The molecule has 0 unspecified atom stereocenters. The van der Waals surface area contributed by atoms with Crippen molar-refractivity contribution in [3.63, 3.8) is 0 Å². The number of benzene rings is 1. The Morgan fingerprint density at radius 3 is 1.87 bits per heavy atom. The molecule has 0 bridgehead atoms. The molecule has 0 aromatic heterocycles. The quantitative estimate of drug-likeness (QED) is 0.531. The molecule has 3 nitrogen and oxygen atoms in total. The molecule has 0 N–H and O–H groups in total. The van der Waals surface area contributed by atoms with E-state index in [1.54, 1.807) is 0 Å². The first kappa shape index (κ1) is 17.7. The monoisotopic (exact) mass is 359 g/mol. The van der Waals surface area contributed by atoms with Crippen LogP contribution in [0, 0.1) is 0 Å². The molecule has 1 aliphatic rings. The number of alkyl halides is 7. The molecule has 2 rings (SSSR count). The minimum absolute atomic E-state index is 0.0179. The summed E-state index contributed by atoms with van der Waals surface area (Å²) >= 11 is 1.31. The molecular weight excluding hydrogens is 351 g/mol. The Labute approximate surface area is 129 Å². The van der Waals surface area contributed by atoms with Gasteiger partial charge in [-0.25, -0.2) is 4.39 Å². The lowest BCUT2D eigenvalue weighted by molar-refractivity contribution is -0.348. The molecule has 23 heavy (non-hydrogen) atoms. The van der Waals surface area contributed by atoms with Crippen molar-refractivity contribution in [2.45, 2.75) is 18.0 Å². The van der Waals surface area contributed by atoms with E-state index < -0.39 is 23.6 Å². The highest BCUT2D eigenvalue weighted by molar-refractivity contribution is 8.14. The number of rotatable bonds is 2. The van der Waals surface area contributed by atoms with E-state index in [1.807, 2.05) is 0 Å². The standard InChI is InChI=1S/C12H8F7N3S/c13-10(11(14,15)16,12(17,18)19)7-1-3-8(4-2-7)21-22-9-20-5-6-23-9/h1-4H,5-6H2. The maximum atomic E-state index is 13.8. The highest BCUT2D eigenvalue weighted by atomic mass is 32.2. The van der Waals surface area contributed by atoms with Crippen LogP contribution in [0.25, 0.3) is 0 Å². The molecule has 0 amide bonds. The van der Waals surface area contributed by atoms with Gasteiger partial charge in [-0.05, 0) is 12.1 Å².